The molecule has 0 spiro atoms. The normalized spacial score (nSPS) is 23.5. The van der Waals surface area contributed by atoms with Crippen molar-refractivity contribution in [2.45, 2.75) is 32.3 Å². The van der Waals surface area contributed by atoms with Gasteiger partial charge in [-0.05, 0) is 32.7 Å². The van der Waals surface area contributed by atoms with Crippen LogP contribution in [-0.2, 0) is 4.74 Å². The number of hydrogen-bond donors (Lipinski definition) is 0. The highest BCUT2D eigenvalue weighted by Gasteiger charge is 2.22. The number of anilines is 1. The van der Waals surface area contributed by atoms with E-state index in [-0.39, 0.29) is 0 Å². The summed E-state index contributed by atoms with van der Waals surface area (Å²) in [5.41, 5.74) is 0. The van der Waals surface area contributed by atoms with Crippen molar-refractivity contribution in [2.75, 3.05) is 50.8 Å². The zero-order valence-corrected chi connectivity index (χ0v) is 13.4. The number of nitrogens with zero attached hydrogens (tertiary/aromatic N) is 4. The average molecular weight is 306 g/mol. The van der Waals surface area contributed by atoms with E-state index in [1.165, 1.54) is 12.8 Å². The highest BCUT2D eigenvalue weighted by molar-refractivity contribution is 5.40. The molecule has 6 nitrogen and oxygen atoms in total. The molecule has 1 unspecified atom stereocenters. The van der Waals surface area contributed by atoms with E-state index >= 15 is 0 Å². The van der Waals surface area contributed by atoms with Crippen LogP contribution in [0.2, 0.25) is 0 Å². The maximum absolute atomic E-state index is 5.76. The third-order valence-corrected chi connectivity index (χ3v) is 4.32. The van der Waals surface area contributed by atoms with Gasteiger partial charge in [0.25, 0.3) is 0 Å². The summed E-state index contributed by atoms with van der Waals surface area (Å²) in [5.74, 6) is 1.63. The maximum atomic E-state index is 5.76. The third-order valence-electron chi connectivity index (χ3n) is 4.32. The quantitative estimate of drug-likeness (QED) is 0.823. The predicted molar refractivity (Wildman–Crippen MR) is 85.4 cm³/mol. The Bertz CT molecular complexity index is 465. The van der Waals surface area contributed by atoms with Gasteiger partial charge in [-0.25, -0.2) is 9.97 Å². The molecule has 2 fully saturated rings. The molecule has 0 N–H and O–H groups in total. The van der Waals surface area contributed by atoms with Crippen molar-refractivity contribution in [3.63, 3.8) is 0 Å². The summed E-state index contributed by atoms with van der Waals surface area (Å²) >= 11 is 0. The van der Waals surface area contributed by atoms with Gasteiger partial charge in [0.2, 0.25) is 5.88 Å². The van der Waals surface area contributed by atoms with E-state index in [1.807, 2.05) is 13.0 Å². The Hall–Kier alpha value is -1.40. The van der Waals surface area contributed by atoms with E-state index in [4.69, 9.17) is 9.47 Å². The van der Waals surface area contributed by atoms with Gasteiger partial charge in [-0.1, -0.05) is 0 Å². The lowest BCUT2D eigenvalue weighted by Crippen LogP contribution is -2.35. The molecule has 22 heavy (non-hydrogen) atoms. The summed E-state index contributed by atoms with van der Waals surface area (Å²) < 4.78 is 11.2. The lowest BCUT2D eigenvalue weighted by Gasteiger charge is -2.24. The molecule has 1 aromatic rings. The number of aromatic nitrogens is 2. The van der Waals surface area contributed by atoms with Crippen LogP contribution >= 0.6 is 0 Å². The standard InChI is InChI=1S/C16H26N4O2/c1-2-21-16-11-15(17-13-18-16)20-7-4-6-19(8-9-20)12-14-5-3-10-22-14/h11,13-14H,2-10,12H2,1H3. The van der Waals surface area contributed by atoms with E-state index in [0.29, 0.717) is 18.6 Å². The first kappa shape index (κ1) is 15.5. The van der Waals surface area contributed by atoms with Crippen molar-refractivity contribution in [3.05, 3.63) is 12.4 Å². The van der Waals surface area contributed by atoms with Crippen LogP contribution in [0.3, 0.4) is 0 Å². The Morgan fingerprint density at radius 3 is 3.00 bits per heavy atom. The van der Waals surface area contributed by atoms with E-state index < -0.39 is 0 Å². The molecular formula is C16H26N4O2. The van der Waals surface area contributed by atoms with Crippen molar-refractivity contribution in [1.82, 2.24) is 14.9 Å². The second-order valence-corrected chi connectivity index (χ2v) is 5.92. The van der Waals surface area contributed by atoms with E-state index in [1.54, 1.807) is 6.33 Å². The van der Waals surface area contributed by atoms with Crippen molar-refractivity contribution in [1.29, 1.82) is 0 Å². The van der Waals surface area contributed by atoms with Crippen LogP contribution in [0.1, 0.15) is 26.2 Å². The van der Waals surface area contributed by atoms with Gasteiger partial charge in [0.1, 0.15) is 12.1 Å². The van der Waals surface area contributed by atoms with Crippen LogP contribution in [0.25, 0.3) is 0 Å². The van der Waals surface area contributed by atoms with Crippen LogP contribution in [-0.4, -0.2) is 66.9 Å². The Morgan fingerprint density at radius 2 is 2.18 bits per heavy atom. The molecule has 2 aliphatic heterocycles. The van der Waals surface area contributed by atoms with Gasteiger partial charge in [-0.2, -0.15) is 0 Å². The molecule has 2 aliphatic rings. The Labute approximate surface area is 132 Å². The van der Waals surface area contributed by atoms with Crippen molar-refractivity contribution >= 4 is 5.82 Å². The molecule has 6 heteroatoms. The molecule has 0 saturated carbocycles. The van der Waals surface area contributed by atoms with Gasteiger partial charge >= 0.3 is 0 Å². The van der Waals surface area contributed by atoms with Crippen LogP contribution in [0.4, 0.5) is 5.82 Å². The molecule has 3 rings (SSSR count). The lowest BCUT2D eigenvalue weighted by molar-refractivity contribution is 0.0754. The fourth-order valence-electron chi connectivity index (χ4n) is 3.19. The molecule has 2 saturated heterocycles. The highest BCUT2D eigenvalue weighted by atomic mass is 16.5. The van der Waals surface area contributed by atoms with Crippen LogP contribution in [0.5, 0.6) is 5.88 Å². The zero-order chi connectivity index (χ0) is 15.2. The molecule has 0 aromatic carbocycles. The van der Waals surface area contributed by atoms with Gasteiger partial charge in [0, 0.05) is 38.9 Å². The molecule has 0 bridgehead atoms. The smallest absolute Gasteiger partial charge is 0.218 e. The molecule has 0 amide bonds. The first-order valence-corrected chi connectivity index (χ1v) is 8.39. The number of hydrogen-bond acceptors (Lipinski definition) is 6. The second kappa shape index (κ2) is 7.74. The molecule has 0 aliphatic carbocycles. The SMILES string of the molecule is CCOc1cc(N2CCCN(CC3CCCO3)CC2)ncn1. The van der Waals surface area contributed by atoms with Crippen LogP contribution in [0, 0.1) is 0 Å². The monoisotopic (exact) mass is 306 g/mol. The largest absolute Gasteiger partial charge is 0.478 e. The van der Waals surface area contributed by atoms with E-state index in [0.717, 1.165) is 51.6 Å². The summed E-state index contributed by atoms with van der Waals surface area (Å²) in [6, 6.07) is 1.94. The molecule has 122 valence electrons. The maximum Gasteiger partial charge on any atom is 0.218 e. The van der Waals surface area contributed by atoms with Gasteiger partial charge in [-0.3, -0.25) is 4.90 Å². The van der Waals surface area contributed by atoms with Crippen molar-refractivity contribution in [2.24, 2.45) is 0 Å². The minimum atomic E-state index is 0.440. The average Bonchev–Trinajstić information content (AvgIpc) is 2.92. The first-order valence-electron chi connectivity index (χ1n) is 8.39. The fourth-order valence-corrected chi connectivity index (χ4v) is 3.19. The number of ether oxygens (including phenoxy) is 2. The summed E-state index contributed by atoms with van der Waals surface area (Å²) in [4.78, 5) is 13.4. The fraction of sp³-hybridized carbons (Fsp3) is 0.750. The van der Waals surface area contributed by atoms with E-state index in [9.17, 15) is 0 Å². The third kappa shape index (κ3) is 4.08. The van der Waals surface area contributed by atoms with Crippen molar-refractivity contribution in [3.8, 4) is 5.88 Å². The summed E-state index contributed by atoms with van der Waals surface area (Å²) in [6.45, 7) is 8.84. The second-order valence-electron chi connectivity index (χ2n) is 5.92. The van der Waals surface area contributed by atoms with Gasteiger partial charge in [0.05, 0.1) is 12.7 Å². The Morgan fingerprint density at radius 1 is 1.23 bits per heavy atom. The summed E-state index contributed by atoms with van der Waals surface area (Å²) in [7, 11) is 0. The minimum absolute atomic E-state index is 0.440. The van der Waals surface area contributed by atoms with Crippen LogP contribution in [0.15, 0.2) is 12.4 Å². The lowest BCUT2D eigenvalue weighted by atomic mass is 10.2. The molecule has 0 radical (unpaired) electrons. The topological polar surface area (TPSA) is 50.7 Å². The minimum Gasteiger partial charge on any atom is -0.478 e. The first-order chi connectivity index (χ1) is 10.8. The van der Waals surface area contributed by atoms with Gasteiger partial charge in [0.15, 0.2) is 0 Å². The Balaban J connectivity index is 1.56. The van der Waals surface area contributed by atoms with Crippen LogP contribution < -0.4 is 9.64 Å². The van der Waals surface area contributed by atoms with Gasteiger partial charge < -0.3 is 14.4 Å². The van der Waals surface area contributed by atoms with Crippen molar-refractivity contribution < 1.29 is 9.47 Å². The summed E-state index contributed by atoms with van der Waals surface area (Å²) in [6.07, 6.45) is 5.61. The zero-order valence-electron chi connectivity index (χ0n) is 13.4. The predicted octanol–water partition coefficient (Wildman–Crippen LogP) is 1.57. The highest BCUT2D eigenvalue weighted by Crippen LogP contribution is 2.19. The van der Waals surface area contributed by atoms with Gasteiger partial charge in [-0.15, -0.1) is 0 Å². The van der Waals surface area contributed by atoms with E-state index in [2.05, 4.69) is 19.8 Å². The molecule has 1 aromatic heterocycles. The molecular weight excluding hydrogens is 280 g/mol. The number of rotatable bonds is 5. The summed E-state index contributed by atoms with van der Waals surface area (Å²) in [5, 5.41) is 0. The Kier molecular flexibility index (Phi) is 5.45. The molecule has 1 atom stereocenters. The molecule has 3 heterocycles.